The van der Waals surface area contributed by atoms with E-state index in [1.54, 1.807) is 7.11 Å². The van der Waals surface area contributed by atoms with Crippen molar-refractivity contribution in [3.05, 3.63) is 58.6 Å². The van der Waals surface area contributed by atoms with Crippen molar-refractivity contribution in [2.24, 2.45) is 0 Å². The highest BCUT2D eigenvalue weighted by Gasteiger charge is 2.10. The van der Waals surface area contributed by atoms with Gasteiger partial charge in [0.05, 0.1) is 23.6 Å². The van der Waals surface area contributed by atoms with Crippen LogP contribution in [-0.4, -0.2) is 13.7 Å². The molecule has 0 aliphatic rings. The van der Waals surface area contributed by atoms with Crippen molar-refractivity contribution < 1.29 is 4.74 Å². The first-order valence-electron chi connectivity index (χ1n) is 6.26. The first kappa shape index (κ1) is 14.4. The van der Waals surface area contributed by atoms with Gasteiger partial charge in [-0.2, -0.15) is 5.26 Å². The fraction of sp³-hybridized carbons (Fsp3) is 0.188. The Morgan fingerprint density at radius 2 is 2.00 bits per heavy atom. The predicted octanol–water partition coefficient (Wildman–Crippen LogP) is 4.18. The van der Waals surface area contributed by atoms with Gasteiger partial charge in [-0.05, 0) is 39.7 Å². The summed E-state index contributed by atoms with van der Waals surface area (Å²) in [6.07, 6.45) is 0. The van der Waals surface area contributed by atoms with Crippen molar-refractivity contribution in [2.45, 2.75) is 5.92 Å². The smallest absolute Gasteiger partial charge is 0.133 e. The van der Waals surface area contributed by atoms with E-state index < -0.39 is 0 Å². The fourth-order valence-corrected chi connectivity index (χ4v) is 2.46. The average Bonchev–Trinajstić information content (AvgIpc) is 2.49. The molecule has 4 heteroatoms. The lowest BCUT2D eigenvalue weighted by atomic mass is 10.0. The molecule has 0 aliphatic heterocycles. The first-order chi connectivity index (χ1) is 9.74. The van der Waals surface area contributed by atoms with Crippen LogP contribution in [0.1, 0.15) is 11.5 Å². The van der Waals surface area contributed by atoms with Crippen LogP contribution in [0.4, 0.5) is 5.69 Å². The maximum absolute atomic E-state index is 9.27. The monoisotopic (exact) mass is 330 g/mol. The molecule has 0 bridgehead atoms. The lowest BCUT2D eigenvalue weighted by Crippen LogP contribution is -2.11. The number of hydrogen-bond acceptors (Lipinski definition) is 3. The zero-order valence-electron chi connectivity index (χ0n) is 11.1. The number of nitrogens with one attached hydrogen (secondary N) is 1. The van der Waals surface area contributed by atoms with Gasteiger partial charge in [-0.3, -0.25) is 0 Å². The number of methoxy groups -OCH3 is 1. The first-order valence-corrected chi connectivity index (χ1v) is 7.06. The topological polar surface area (TPSA) is 45.0 Å². The maximum atomic E-state index is 9.27. The van der Waals surface area contributed by atoms with Crippen LogP contribution >= 0.6 is 15.9 Å². The van der Waals surface area contributed by atoms with Gasteiger partial charge in [0.2, 0.25) is 0 Å². The number of nitrogens with zero attached hydrogens (tertiary/aromatic N) is 1. The highest BCUT2D eigenvalue weighted by atomic mass is 79.9. The van der Waals surface area contributed by atoms with E-state index in [0.717, 1.165) is 21.5 Å². The lowest BCUT2D eigenvalue weighted by Gasteiger charge is -2.13. The standard InChI is InChI=1S/C16H15BrN2O/c1-20-16-8-7-14(9-15(16)17)19-11-13(10-18)12-5-3-2-4-6-12/h2-9,13,19H,11H2,1H3. The molecular weight excluding hydrogens is 316 g/mol. The van der Waals surface area contributed by atoms with E-state index in [9.17, 15) is 5.26 Å². The van der Waals surface area contributed by atoms with E-state index in [2.05, 4.69) is 27.3 Å². The number of nitriles is 1. The van der Waals surface area contributed by atoms with Gasteiger partial charge in [0.1, 0.15) is 5.75 Å². The van der Waals surface area contributed by atoms with Crippen molar-refractivity contribution in [1.29, 1.82) is 5.26 Å². The zero-order chi connectivity index (χ0) is 14.4. The Hall–Kier alpha value is -1.99. The molecule has 0 aliphatic carbocycles. The summed E-state index contributed by atoms with van der Waals surface area (Å²) in [7, 11) is 1.63. The Labute approximate surface area is 127 Å². The Morgan fingerprint density at radius 3 is 2.60 bits per heavy atom. The van der Waals surface area contributed by atoms with Crippen LogP contribution in [0.3, 0.4) is 0 Å². The number of anilines is 1. The van der Waals surface area contributed by atoms with E-state index in [0.29, 0.717) is 6.54 Å². The Bertz CT molecular complexity index is 608. The van der Waals surface area contributed by atoms with Gasteiger partial charge < -0.3 is 10.1 Å². The van der Waals surface area contributed by atoms with Gasteiger partial charge in [-0.1, -0.05) is 30.3 Å². The summed E-state index contributed by atoms with van der Waals surface area (Å²) in [5.74, 6) is 0.618. The van der Waals surface area contributed by atoms with E-state index in [1.165, 1.54) is 0 Å². The largest absolute Gasteiger partial charge is 0.496 e. The number of hydrogen-bond donors (Lipinski definition) is 1. The summed E-state index contributed by atoms with van der Waals surface area (Å²) in [5.41, 5.74) is 1.98. The van der Waals surface area contributed by atoms with Crippen LogP contribution < -0.4 is 10.1 Å². The summed E-state index contributed by atoms with van der Waals surface area (Å²) in [6.45, 7) is 0.569. The summed E-state index contributed by atoms with van der Waals surface area (Å²) < 4.78 is 6.08. The lowest BCUT2D eigenvalue weighted by molar-refractivity contribution is 0.412. The highest BCUT2D eigenvalue weighted by molar-refractivity contribution is 9.10. The number of ether oxygens (including phenoxy) is 1. The van der Waals surface area contributed by atoms with Gasteiger partial charge in [0.15, 0.2) is 0 Å². The predicted molar refractivity (Wildman–Crippen MR) is 84.0 cm³/mol. The minimum atomic E-state index is -0.169. The van der Waals surface area contributed by atoms with Crippen LogP contribution in [0.5, 0.6) is 5.75 Å². The number of halogens is 1. The van der Waals surface area contributed by atoms with Crippen molar-refractivity contribution in [3.63, 3.8) is 0 Å². The molecule has 0 aromatic heterocycles. The maximum Gasteiger partial charge on any atom is 0.133 e. The third-order valence-electron chi connectivity index (χ3n) is 3.02. The molecule has 1 atom stereocenters. The fourth-order valence-electron chi connectivity index (χ4n) is 1.92. The second-order valence-corrected chi connectivity index (χ2v) is 5.18. The minimum absolute atomic E-state index is 0.169. The molecule has 0 fully saturated rings. The van der Waals surface area contributed by atoms with Crippen LogP contribution in [0.2, 0.25) is 0 Å². The van der Waals surface area contributed by atoms with E-state index >= 15 is 0 Å². The van der Waals surface area contributed by atoms with Gasteiger partial charge in [0, 0.05) is 12.2 Å². The van der Waals surface area contributed by atoms with E-state index in [1.807, 2.05) is 48.5 Å². The second-order valence-electron chi connectivity index (χ2n) is 4.32. The average molecular weight is 331 g/mol. The molecular formula is C16H15BrN2O. The number of benzene rings is 2. The molecule has 3 nitrogen and oxygen atoms in total. The van der Waals surface area contributed by atoms with Crippen molar-refractivity contribution in [3.8, 4) is 11.8 Å². The van der Waals surface area contributed by atoms with Gasteiger partial charge in [-0.15, -0.1) is 0 Å². The van der Waals surface area contributed by atoms with Gasteiger partial charge in [-0.25, -0.2) is 0 Å². The SMILES string of the molecule is COc1ccc(NCC(C#N)c2ccccc2)cc1Br. The van der Waals surface area contributed by atoms with Crippen molar-refractivity contribution in [2.75, 3.05) is 19.0 Å². The third-order valence-corrected chi connectivity index (χ3v) is 3.64. The molecule has 0 heterocycles. The molecule has 20 heavy (non-hydrogen) atoms. The molecule has 102 valence electrons. The minimum Gasteiger partial charge on any atom is -0.496 e. The molecule has 2 aromatic carbocycles. The second kappa shape index (κ2) is 6.97. The summed E-state index contributed by atoms with van der Waals surface area (Å²) in [5, 5.41) is 12.6. The van der Waals surface area contributed by atoms with Crippen LogP contribution in [0, 0.1) is 11.3 Å². The van der Waals surface area contributed by atoms with E-state index in [4.69, 9.17) is 4.74 Å². The molecule has 0 amide bonds. The molecule has 2 rings (SSSR count). The van der Waals surface area contributed by atoms with Crippen LogP contribution in [0.15, 0.2) is 53.0 Å². The van der Waals surface area contributed by atoms with Gasteiger partial charge in [0.25, 0.3) is 0 Å². The quantitative estimate of drug-likeness (QED) is 0.894. The summed E-state index contributed by atoms with van der Waals surface area (Å²) in [4.78, 5) is 0. The molecule has 0 saturated heterocycles. The zero-order valence-corrected chi connectivity index (χ0v) is 12.7. The number of rotatable bonds is 5. The third kappa shape index (κ3) is 3.52. The summed E-state index contributed by atoms with van der Waals surface area (Å²) in [6, 6.07) is 17.9. The molecule has 0 radical (unpaired) electrons. The molecule has 0 saturated carbocycles. The van der Waals surface area contributed by atoms with Crippen LogP contribution in [0.25, 0.3) is 0 Å². The van der Waals surface area contributed by atoms with E-state index in [-0.39, 0.29) is 5.92 Å². The van der Waals surface area contributed by atoms with Gasteiger partial charge >= 0.3 is 0 Å². The Balaban J connectivity index is 2.04. The molecule has 1 unspecified atom stereocenters. The van der Waals surface area contributed by atoms with Crippen molar-refractivity contribution >= 4 is 21.6 Å². The molecule has 0 spiro atoms. The highest BCUT2D eigenvalue weighted by Crippen LogP contribution is 2.28. The summed E-state index contributed by atoms with van der Waals surface area (Å²) >= 11 is 3.45. The molecule has 1 N–H and O–H groups in total. The Kier molecular flexibility index (Phi) is 5.03. The molecule has 2 aromatic rings. The Morgan fingerprint density at radius 1 is 1.25 bits per heavy atom. The normalized spacial score (nSPS) is 11.4. The van der Waals surface area contributed by atoms with Crippen LogP contribution in [-0.2, 0) is 0 Å². The van der Waals surface area contributed by atoms with Crippen molar-refractivity contribution in [1.82, 2.24) is 0 Å².